The van der Waals surface area contributed by atoms with Gasteiger partial charge in [0.2, 0.25) is 11.8 Å². The largest absolute Gasteiger partial charge is 0.477 e. The third-order valence-corrected chi connectivity index (χ3v) is 4.14. The number of unbranched alkanes of at least 4 members (excludes halogenated alkanes) is 1. The molecule has 3 N–H and O–H groups in total. The molecule has 10 heteroatoms. The number of pyridine rings is 1. The number of halogens is 3. The van der Waals surface area contributed by atoms with Crippen LogP contribution < -0.4 is 15.7 Å². The second-order valence-corrected chi connectivity index (χ2v) is 6.42. The molecule has 0 saturated carbocycles. The number of amides is 1. The first-order valence-corrected chi connectivity index (χ1v) is 9.19. The molecule has 1 aromatic carbocycles. The van der Waals surface area contributed by atoms with Gasteiger partial charge in [0.25, 0.3) is 0 Å². The quantitative estimate of drug-likeness (QED) is 0.396. The van der Waals surface area contributed by atoms with Gasteiger partial charge in [0, 0.05) is 11.6 Å². The van der Waals surface area contributed by atoms with Gasteiger partial charge in [-0.3, -0.25) is 4.79 Å². The minimum absolute atomic E-state index is 0.195. The van der Waals surface area contributed by atoms with Crippen LogP contribution in [0.5, 0.6) is 5.88 Å². The normalized spacial score (nSPS) is 11.9. The van der Waals surface area contributed by atoms with E-state index in [1.165, 1.54) is 12.1 Å². The van der Waals surface area contributed by atoms with E-state index in [2.05, 4.69) is 20.3 Å². The Kier molecular flexibility index (Phi) is 6.24. The number of aromatic nitrogens is 3. The number of ether oxygens (including phenoxy) is 1. The molecule has 3 aromatic rings. The molecule has 0 aliphatic rings. The number of fused-ring (bicyclic) bond motifs is 1. The number of nitrogens with one attached hydrogen (secondary N) is 3. The summed E-state index contributed by atoms with van der Waals surface area (Å²) in [5, 5.41) is 2.62. The van der Waals surface area contributed by atoms with E-state index in [0.717, 1.165) is 18.6 Å². The Bertz CT molecular complexity index is 1130. The third kappa shape index (κ3) is 5.07. The number of hydrogen-bond acceptors (Lipinski definition) is 4. The first kappa shape index (κ1) is 21.2. The molecule has 0 unspecified atom stereocenters. The van der Waals surface area contributed by atoms with Crippen LogP contribution in [0.2, 0.25) is 0 Å². The van der Waals surface area contributed by atoms with Crippen LogP contribution in [0.15, 0.2) is 41.2 Å². The van der Waals surface area contributed by atoms with Crippen molar-refractivity contribution >= 4 is 28.7 Å². The van der Waals surface area contributed by atoms with E-state index in [9.17, 15) is 22.8 Å². The molecular weight excluding hydrogens is 401 g/mol. The highest BCUT2D eigenvalue weighted by Gasteiger charge is 2.33. The second-order valence-electron chi connectivity index (χ2n) is 6.42. The number of imidazole rings is 1. The lowest BCUT2D eigenvalue weighted by atomic mass is 10.2. The van der Waals surface area contributed by atoms with Crippen molar-refractivity contribution in [3.63, 3.8) is 0 Å². The van der Waals surface area contributed by atoms with Crippen molar-refractivity contribution in [1.82, 2.24) is 15.0 Å². The lowest BCUT2D eigenvalue weighted by Gasteiger charge is -2.11. The fourth-order valence-corrected chi connectivity index (χ4v) is 2.67. The number of H-pyrrole nitrogens is 2. The number of para-hydroxylation sites is 1. The highest BCUT2D eigenvalue weighted by atomic mass is 19.4. The molecule has 0 saturated heterocycles. The minimum Gasteiger partial charge on any atom is -0.477 e. The average molecular weight is 420 g/mol. The summed E-state index contributed by atoms with van der Waals surface area (Å²) in [6, 6.07) is 6.97. The number of carbonyl (C=O) groups excluding carboxylic acids is 1. The highest BCUT2D eigenvalue weighted by molar-refractivity contribution is 6.06. The Morgan fingerprint density at radius 2 is 2.03 bits per heavy atom. The van der Waals surface area contributed by atoms with Gasteiger partial charge < -0.3 is 20.0 Å². The van der Waals surface area contributed by atoms with Gasteiger partial charge in [0.1, 0.15) is 5.69 Å². The maximum Gasteiger partial charge on any atom is 0.433 e. The summed E-state index contributed by atoms with van der Waals surface area (Å²) in [6.45, 7) is 2.13. The smallest absolute Gasteiger partial charge is 0.433 e. The van der Waals surface area contributed by atoms with Crippen LogP contribution in [0.3, 0.4) is 0 Å². The summed E-state index contributed by atoms with van der Waals surface area (Å²) in [4.78, 5) is 32.4. The first-order valence-electron chi connectivity index (χ1n) is 9.19. The van der Waals surface area contributed by atoms with Crippen molar-refractivity contribution < 1.29 is 22.7 Å². The molecule has 0 aliphatic carbocycles. The van der Waals surface area contributed by atoms with Crippen LogP contribution >= 0.6 is 0 Å². The van der Waals surface area contributed by atoms with E-state index in [-0.39, 0.29) is 18.1 Å². The van der Waals surface area contributed by atoms with E-state index in [0.29, 0.717) is 23.1 Å². The van der Waals surface area contributed by atoms with Crippen molar-refractivity contribution in [2.45, 2.75) is 25.9 Å². The van der Waals surface area contributed by atoms with Gasteiger partial charge in [-0.05, 0) is 36.8 Å². The molecule has 1 amide bonds. The zero-order valence-electron chi connectivity index (χ0n) is 16.0. The Morgan fingerprint density at radius 1 is 1.23 bits per heavy atom. The lowest BCUT2D eigenvalue weighted by Crippen LogP contribution is -2.11. The van der Waals surface area contributed by atoms with Crippen molar-refractivity contribution in [2.75, 3.05) is 11.9 Å². The van der Waals surface area contributed by atoms with Crippen LogP contribution in [0.25, 0.3) is 17.1 Å². The number of benzene rings is 1. The van der Waals surface area contributed by atoms with Crippen molar-refractivity contribution in [3.05, 3.63) is 58.1 Å². The standard InChI is InChI=1S/C20H19F3N4O3/c1-2-3-11-30-18-12(7-9-15(26-18)20(21,22)23)8-10-16(28)24-13-5-4-6-14-17(13)27-19(29)25-14/h4-10H,2-3,11H2,1H3,(H,24,28)(H2,25,27,29)/b10-8+. The minimum atomic E-state index is -4.60. The van der Waals surface area contributed by atoms with E-state index in [4.69, 9.17) is 4.74 Å². The zero-order valence-corrected chi connectivity index (χ0v) is 16.0. The van der Waals surface area contributed by atoms with Gasteiger partial charge in [0.15, 0.2) is 0 Å². The molecule has 0 fully saturated rings. The van der Waals surface area contributed by atoms with E-state index in [1.807, 2.05) is 6.92 Å². The molecule has 7 nitrogen and oxygen atoms in total. The average Bonchev–Trinajstić information content (AvgIpc) is 3.07. The Morgan fingerprint density at radius 3 is 2.77 bits per heavy atom. The molecule has 0 bridgehead atoms. The predicted molar refractivity (Wildman–Crippen MR) is 106 cm³/mol. The van der Waals surface area contributed by atoms with Gasteiger partial charge >= 0.3 is 11.9 Å². The summed E-state index contributed by atoms with van der Waals surface area (Å²) in [5.41, 5.74) is 0.1000. The number of carbonyl (C=O) groups is 1. The van der Waals surface area contributed by atoms with Crippen molar-refractivity contribution in [3.8, 4) is 5.88 Å². The molecule has 2 heterocycles. The molecule has 2 aromatic heterocycles. The number of nitrogens with zero attached hydrogens (tertiary/aromatic N) is 1. The molecule has 0 atom stereocenters. The SMILES string of the molecule is CCCCOc1nc(C(F)(F)F)ccc1/C=C/C(=O)Nc1cccc2[nH]c(=O)[nH]c12. The zero-order chi connectivity index (χ0) is 21.7. The fraction of sp³-hybridized carbons (Fsp3) is 0.250. The van der Waals surface area contributed by atoms with Crippen LogP contribution in [-0.4, -0.2) is 27.5 Å². The maximum absolute atomic E-state index is 12.9. The maximum atomic E-state index is 12.9. The summed E-state index contributed by atoms with van der Waals surface area (Å²) >= 11 is 0. The fourth-order valence-electron chi connectivity index (χ4n) is 2.67. The number of alkyl halides is 3. The van der Waals surface area contributed by atoms with E-state index in [1.54, 1.807) is 18.2 Å². The molecule has 30 heavy (non-hydrogen) atoms. The van der Waals surface area contributed by atoms with Crippen LogP contribution in [-0.2, 0) is 11.0 Å². The van der Waals surface area contributed by atoms with E-state index >= 15 is 0 Å². The molecule has 0 aliphatic heterocycles. The van der Waals surface area contributed by atoms with Gasteiger partial charge in [-0.2, -0.15) is 13.2 Å². The first-order chi connectivity index (χ1) is 14.3. The number of rotatable bonds is 7. The molecule has 0 spiro atoms. The van der Waals surface area contributed by atoms with Crippen molar-refractivity contribution in [1.29, 1.82) is 0 Å². The van der Waals surface area contributed by atoms with Crippen LogP contribution in [0.4, 0.5) is 18.9 Å². The monoisotopic (exact) mass is 420 g/mol. The summed E-state index contributed by atoms with van der Waals surface area (Å²) in [7, 11) is 0. The Hall–Kier alpha value is -3.56. The van der Waals surface area contributed by atoms with Crippen molar-refractivity contribution in [2.24, 2.45) is 0 Å². The predicted octanol–water partition coefficient (Wildman–Crippen LogP) is 4.10. The lowest BCUT2D eigenvalue weighted by molar-refractivity contribution is -0.141. The molecule has 3 rings (SSSR count). The number of aromatic amines is 2. The topological polar surface area (TPSA) is 99.9 Å². The van der Waals surface area contributed by atoms with E-state index < -0.39 is 23.5 Å². The van der Waals surface area contributed by atoms with Crippen LogP contribution in [0, 0.1) is 0 Å². The number of anilines is 1. The molecule has 0 radical (unpaired) electrons. The van der Waals surface area contributed by atoms with Crippen LogP contribution in [0.1, 0.15) is 31.0 Å². The van der Waals surface area contributed by atoms with Gasteiger partial charge in [-0.25, -0.2) is 9.78 Å². The second kappa shape index (κ2) is 8.85. The molecular formula is C20H19F3N4O3. The molecule has 158 valence electrons. The highest BCUT2D eigenvalue weighted by Crippen LogP contribution is 2.30. The summed E-state index contributed by atoms with van der Waals surface area (Å²) < 4.78 is 44.2. The van der Waals surface area contributed by atoms with Gasteiger partial charge in [-0.15, -0.1) is 0 Å². The Labute approximate surface area is 169 Å². The summed E-state index contributed by atoms with van der Waals surface area (Å²) in [6.07, 6.45) is -0.668. The third-order valence-electron chi connectivity index (χ3n) is 4.14. The van der Waals surface area contributed by atoms with Gasteiger partial charge in [-0.1, -0.05) is 19.4 Å². The Balaban J connectivity index is 1.81. The number of hydrogen-bond donors (Lipinski definition) is 3. The summed E-state index contributed by atoms with van der Waals surface area (Å²) in [5.74, 6) is -0.733. The van der Waals surface area contributed by atoms with Gasteiger partial charge in [0.05, 0.1) is 23.3 Å².